The molecule has 0 radical (unpaired) electrons. The van der Waals surface area contributed by atoms with Crippen molar-refractivity contribution in [3.63, 3.8) is 0 Å². The molecule has 3 rings (SSSR count). The summed E-state index contributed by atoms with van der Waals surface area (Å²) in [7, 11) is 2.02. The highest BCUT2D eigenvalue weighted by molar-refractivity contribution is 5.87. The molecule has 1 unspecified atom stereocenters. The van der Waals surface area contributed by atoms with Gasteiger partial charge in [-0.2, -0.15) is 0 Å². The number of imidazole rings is 1. The zero-order chi connectivity index (χ0) is 15.5. The lowest BCUT2D eigenvalue weighted by Crippen LogP contribution is -2.34. The molecule has 1 fully saturated rings. The van der Waals surface area contributed by atoms with Crippen LogP contribution >= 0.6 is 0 Å². The maximum Gasteiger partial charge on any atom is 0.335 e. The Morgan fingerprint density at radius 2 is 2.14 bits per heavy atom. The summed E-state index contributed by atoms with van der Waals surface area (Å²) in [6, 6.07) is 7.32. The van der Waals surface area contributed by atoms with Crippen LogP contribution in [-0.4, -0.2) is 38.6 Å². The van der Waals surface area contributed by atoms with Gasteiger partial charge in [-0.15, -0.1) is 0 Å². The molecule has 5 heteroatoms. The topological polar surface area (TPSA) is 58.4 Å². The number of aromatic nitrogens is 2. The highest BCUT2D eigenvalue weighted by atomic mass is 16.4. The highest BCUT2D eigenvalue weighted by Crippen LogP contribution is 2.27. The van der Waals surface area contributed by atoms with Gasteiger partial charge in [0.2, 0.25) is 0 Å². The van der Waals surface area contributed by atoms with Gasteiger partial charge in [0, 0.05) is 26.0 Å². The number of rotatable bonds is 4. The Balaban J connectivity index is 1.67. The van der Waals surface area contributed by atoms with Gasteiger partial charge in [0.05, 0.1) is 12.1 Å². The van der Waals surface area contributed by atoms with Gasteiger partial charge in [-0.3, -0.25) is 4.90 Å². The van der Waals surface area contributed by atoms with Crippen LogP contribution in [0.25, 0.3) is 0 Å². The summed E-state index contributed by atoms with van der Waals surface area (Å²) in [6.07, 6.45) is 6.13. The number of piperidine rings is 1. The molecule has 1 saturated heterocycles. The van der Waals surface area contributed by atoms with Crippen LogP contribution in [0.15, 0.2) is 36.7 Å². The fourth-order valence-corrected chi connectivity index (χ4v) is 3.12. The number of carboxylic acid groups (broad SMARTS) is 1. The van der Waals surface area contributed by atoms with Crippen LogP contribution in [0.2, 0.25) is 0 Å². The van der Waals surface area contributed by atoms with E-state index < -0.39 is 5.97 Å². The first-order valence-electron chi connectivity index (χ1n) is 7.65. The van der Waals surface area contributed by atoms with Crippen LogP contribution < -0.4 is 0 Å². The average molecular weight is 299 g/mol. The van der Waals surface area contributed by atoms with E-state index in [1.807, 2.05) is 31.6 Å². The summed E-state index contributed by atoms with van der Waals surface area (Å²) in [6.45, 7) is 2.96. The number of nitrogens with zero attached hydrogens (tertiary/aromatic N) is 3. The molecule has 1 aliphatic rings. The third kappa shape index (κ3) is 3.20. The van der Waals surface area contributed by atoms with Crippen LogP contribution in [0.5, 0.6) is 0 Å². The van der Waals surface area contributed by atoms with E-state index in [9.17, 15) is 4.79 Å². The first kappa shape index (κ1) is 14.8. The van der Waals surface area contributed by atoms with E-state index in [-0.39, 0.29) is 0 Å². The van der Waals surface area contributed by atoms with Crippen molar-refractivity contribution in [2.24, 2.45) is 7.05 Å². The number of hydrogen-bond donors (Lipinski definition) is 1. The zero-order valence-electron chi connectivity index (χ0n) is 12.8. The summed E-state index contributed by atoms with van der Waals surface area (Å²) < 4.78 is 2.06. The minimum atomic E-state index is -0.869. The molecule has 1 aromatic carbocycles. The van der Waals surface area contributed by atoms with Crippen molar-refractivity contribution in [1.29, 1.82) is 0 Å². The number of carboxylic acids is 1. The Bertz CT molecular complexity index is 648. The molecule has 22 heavy (non-hydrogen) atoms. The van der Waals surface area contributed by atoms with E-state index in [0.29, 0.717) is 11.5 Å². The van der Waals surface area contributed by atoms with Crippen LogP contribution in [0.3, 0.4) is 0 Å². The van der Waals surface area contributed by atoms with Crippen LogP contribution in [-0.2, 0) is 13.6 Å². The van der Waals surface area contributed by atoms with Crippen molar-refractivity contribution >= 4 is 5.97 Å². The summed E-state index contributed by atoms with van der Waals surface area (Å²) in [5.41, 5.74) is 1.58. The molecular formula is C17H21N3O2. The highest BCUT2D eigenvalue weighted by Gasteiger charge is 2.22. The van der Waals surface area contributed by atoms with Crippen LogP contribution in [0.1, 0.15) is 40.5 Å². The third-order valence-corrected chi connectivity index (χ3v) is 4.42. The van der Waals surface area contributed by atoms with Gasteiger partial charge < -0.3 is 9.67 Å². The number of aryl methyl sites for hydroxylation is 1. The second-order valence-corrected chi connectivity index (χ2v) is 5.96. The molecule has 1 atom stereocenters. The van der Waals surface area contributed by atoms with Gasteiger partial charge in [-0.05, 0) is 43.0 Å². The number of carbonyl (C=O) groups is 1. The quantitative estimate of drug-likeness (QED) is 0.942. The Morgan fingerprint density at radius 3 is 2.77 bits per heavy atom. The lowest BCUT2D eigenvalue weighted by Gasteiger charge is -2.32. The lowest BCUT2D eigenvalue weighted by molar-refractivity contribution is 0.0697. The maximum absolute atomic E-state index is 10.9. The minimum absolute atomic E-state index is 0.351. The standard InChI is InChI=1S/C17H21N3O2/c1-19-10-8-18-16(19)12-20-9-2-3-15(11-20)13-4-6-14(7-5-13)17(21)22/h4-8,10,15H,2-3,9,11-12H2,1H3,(H,21,22). The monoisotopic (exact) mass is 299 g/mol. The Hall–Kier alpha value is -2.14. The molecular weight excluding hydrogens is 278 g/mol. The van der Waals surface area contributed by atoms with Gasteiger partial charge in [0.25, 0.3) is 0 Å². The largest absolute Gasteiger partial charge is 0.478 e. The van der Waals surface area contributed by atoms with Crippen molar-refractivity contribution in [2.75, 3.05) is 13.1 Å². The summed E-state index contributed by atoms with van der Waals surface area (Å²) >= 11 is 0. The van der Waals surface area contributed by atoms with Gasteiger partial charge in [0.1, 0.15) is 5.82 Å². The van der Waals surface area contributed by atoms with Crippen molar-refractivity contribution in [1.82, 2.24) is 14.5 Å². The van der Waals surface area contributed by atoms with E-state index >= 15 is 0 Å². The normalized spacial score (nSPS) is 19.2. The van der Waals surface area contributed by atoms with Crippen LogP contribution in [0.4, 0.5) is 0 Å². The smallest absolute Gasteiger partial charge is 0.335 e. The van der Waals surface area contributed by atoms with E-state index in [2.05, 4.69) is 14.5 Å². The minimum Gasteiger partial charge on any atom is -0.478 e. The molecule has 0 spiro atoms. The maximum atomic E-state index is 10.9. The van der Waals surface area contributed by atoms with Crippen molar-refractivity contribution in [3.05, 3.63) is 53.6 Å². The number of hydrogen-bond acceptors (Lipinski definition) is 3. The first-order valence-corrected chi connectivity index (χ1v) is 7.65. The van der Waals surface area contributed by atoms with Crippen molar-refractivity contribution in [3.8, 4) is 0 Å². The predicted molar refractivity (Wildman–Crippen MR) is 83.9 cm³/mol. The van der Waals surface area contributed by atoms with E-state index in [1.54, 1.807) is 12.1 Å². The van der Waals surface area contributed by atoms with E-state index in [1.165, 1.54) is 5.56 Å². The molecule has 0 aliphatic carbocycles. The van der Waals surface area contributed by atoms with Crippen molar-refractivity contribution < 1.29 is 9.90 Å². The fraction of sp³-hybridized carbons (Fsp3) is 0.412. The average Bonchev–Trinajstić information content (AvgIpc) is 2.93. The SMILES string of the molecule is Cn1ccnc1CN1CCCC(c2ccc(C(=O)O)cc2)C1. The summed E-state index contributed by atoms with van der Waals surface area (Å²) in [5.74, 6) is 0.686. The van der Waals surface area contributed by atoms with Gasteiger partial charge in [-0.1, -0.05) is 12.1 Å². The number of likely N-dealkylation sites (tertiary alicyclic amines) is 1. The summed E-state index contributed by atoms with van der Waals surface area (Å²) in [4.78, 5) is 17.8. The molecule has 1 aliphatic heterocycles. The Morgan fingerprint density at radius 1 is 1.36 bits per heavy atom. The molecule has 2 aromatic rings. The van der Waals surface area contributed by atoms with Crippen molar-refractivity contribution in [2.45, 2.75) is 25.3 Å². The molecule has 116 valence electrons. The van der Waals surface area contributed by atoms with Gasteiger partial charge in [0.15, 0.2) is 0 Å². The van der Waals surface area contributed by atoms with Gasteiger partial charge >= 0.3 is 5.97 Å². The molecule has 2 heterocycles. The molecule has 5 nitrogen and oxygen atoms in total. The third-order valence-electron chi connectivity index (χ3n) is 4.42. The summed E-state index contributed by atoms with van der Waals surface area (Å²) in [5, 5.41) is 8.98. The Kier molecular flexibility index (Phi) is 4.24. The second-order valence-electron chi connectivity index (χ2n) is 5.96. The molecule has 1 N–H and O–H groups in total. The number of benzene rings is 1. The molecule has 0 bridgehead atoms. The molecule has 0 saturated carbocycles. The van der Waals surface area contributed by atoms with Gasteiger partial charge in [-0.25, -0.2) is 9.78 Å². The fourth-order valence-electron chi connectivity index (χ4n) is 3.12. The zero-order valence-corrected chi connectivity index (χ0v) is 12.8. The molecule has 0 amide bonds. The first-order chi connectivity index (χ1) is 10.6. The van der Waals surface area contributed by atoms with Crippen LogP contribution in [0, 0.1) is 0 Å². The molecule has 1 aromatic heterocycles. The number of aromatic carboxylic acids is 1. The van der Waals surface area contributed by atoms with E-state index in [0.717, 1.165) is 38.3 Å². The predicted octanol–water partition coefficient (Wildman–Crippen LogP) is 2.50. The second kappa shape index (κ2) is 6.32. The van der Waals surface area contributed by atoms with E-state index in [4.69, 9.17) is 5.11 Å². The Labute approximate surface area is 130 Å². The lowest BCUT2D eigenvalue weighted by atomic mass is 9.90.